The summed E-state index contributed by atoms with van der Waals surface area (Å²) in [4.78, 5) is 20.5. The van der Waals surface area contributed by atoms with Gasteiger partial charge in [0.2, 0.25) is 10.0 Å². The van der Waals surface area contributed by atoms with Crippen LogP contribution in [0.15, 0.2) is 0 Å². The van der Waals surface area contributed by atoms with Crippen LogP contribution in [0.2, 0.25) is 0 Å². The molecule has 7 nitrogen and oxygen atoms in total. The minimum Gasteiger partial charge on any atom is -0.474 e. The lowest BCUT2D eigenvalue weighted by Crippen LogP contribution is -2.37. The van der Waals surface area contributed by atoms with Crippen molar-refractivity contribution in [1.29, 1.82) is 0 Å². The van der Waals surface area contributed by atoms with Crippen molar-refractivity contribution in [1.82, 2.24) is 10.0 Å². The summed E-state index contributed by atoms with van der Waals surface area (Å²) >= 11 is 0. The molecule has 0 aromatic heterocycles. The number of hydrogen-bond acceptors (Lipinski definition) is 4. The summed E-state index contributed by atoms with van der Waals surface area (Å²) < 4.78 is 24.1. The molecule has 0 unspecified atom stereocenters. The Morgan fingerprint density at radius 2 is 1.93 bits per heavy atom. The van der Waals surface area contributed by atoms with E-state index in [0.717, 1.165) is 0 Å². The zero-order valence-corrected chi connectivity index (χ0v) is 8.43. The molecule has 3 N–H and O–H groups in total. The van der Waals surface area contributed by atoms with Crippen LogP contribution in [0, 0.1) is 0 Å². The highest BCUT2D eigenvalue weighted by Crippen LogP contribution is 1.81. The predicted molar refractivity (Wildman–Crippen MR) is 48.1 cm³/mol. The van der Waals surface area contributed by atoms with E-state index < -0.39 is 21.9 Å². The van der Waals surface area contributed by atoms with Gasteiger partial charge in [0.1, 0.15) is 0 Å². The lowest BCUT2D eigenvalue weighted by molar-refractivity contribution is -0.150. The topological polar surface area (TPSA) is 113 Å². The zero-order valence-electron chi connectivity index (χ0n) is 7.61. The third-order valence-corrected chi connectivity index (χ3v) is 2.68. The molecule has 0 heterocycles. The lowest BCUT2D eigenvalue weighted by Gasteiger charge is -2.04. The molecule has 0 aliphatic carbocycles. The van der Waals surface area contributed by atoms with Crippen LogP contribution in [0.5, 0.6) is 0 Å². The Labute approximate surface area is 81.5 Å². The van der Waals surface area contributed by atoms with Crippen molar-refractivity contribution in [2.75, 3.05) is 18.8 Å². The van der Waals surface area contributed by atoms with Gasteiger partial charge in [0, 0.05) is 13.1 Å². The predicted octanol–water partition coefficient (Wildman–Crippen LogP) is -1.87. The highest BCUT2D eigenvalue weighted by molar-refractivity contribution is 7.89. The first-order valence-corrected chi connectivity index (χ1v) is 5.52. The smallest absolute Gasteiger partial charge is 0.394 e. The average molecular weight is 224 g/mol. The van der Waals surface area contributed by atoms with Crippen LogP contribution >= 0.6 is 0 Å². The molecular formula is C6H12N2O5S. The Kier molecular flexibility index (Phi) is 5.10. The van der Waals surface area contributed by atoms with Crippen LogP contribution in [-0.4, -0.2) is 44.2 Å². The Hall–Kier alpha value is -1.15. The first-order chi connectivity index (χ1) is 6.39. The van der Waals surface area contributed by atoms with Crippen molar-refractivity contribution in [2.45, 2.75) is 6.92 Å². The van der Waals surface area contributed by atoms with Crippen LogP contribution in [0.25, 0.3) is 0 Å². The Balaban J connectivity index is 3.86. The Morgan fingerprint density at radius 3 is 2.36 bits per heavy atom. The molecule has 0 saturated carbocycles. The number of carboxylic acids is 1. The van der Waals surface area contributed by atoms with Crippen molar-refractivity contribution in [2.24, 2.45) is 0 Å². The number of amides is 1. The van der Waals surface area contributed by atoms with Gasteiger partial charge in [-0.15, -0.1) is 0 Å². The van der Waals surface area contributed by atoms with Gasteiger partial charge in [-0.05, 0) is 0 Å². The van der Waals surface area contributed by atoms with Gasteiger partial charge in [0.15, 0.2) is 0 Å². The second-order valence-electron chi connectivity index (χ2n) is 2.38. The summed E-state index contributed by atoms with van der Waals surface area (Å²) in [7, 11) is -3.41. The number of aliphatic carboxylic acids is 1. The molecule has 0 aromatic carbocycles. The average Bonchev–Trinajstić information content (AvgIpc) is 2.03. The minimum absolute atomic E-state index is 0.222. The SMILES string of the molecule is CCNS(=O)(=O)CCNC(=O)C(=O)O. The fraction of sp³-hybridized carbons (Fsp3) is 0.667. The van der Waals surface area contributed by atoms with Gasteiger partial charge in [-0.3, -0.25) is 4.79 Å². The molecule has 0 aliphatic rings. The highest BCUT2D eigenvalue weighted by Gasteiger charge is 2.12. The van der Waals surface area contributed by atoms with E-state index in [9.17, 15) is 18.0 Å². The van der Waals surface area contributed by atoms with Crippen LogP contribution in [-0.2, 0) is 19.6 Å². The second kappa shape index (κ2) is 5.55. The monoisotopic (exact) mass is 224 g/mol. The van der Waals surface area contributed by atoms with Crippen LogP contribution in [0.4, 0.5) is 0 Å². The molecule has 14 heavy (non-hydrogen) atoms. The van der Waals surface area contributed by atoms with Crippen molar-refractivity contribution >= 4 is 21.9 Å². The summed E-state index contributed by atoms with van der Waals surface area (Å²) in [6.45, 7) is 1.66. The Morgan fingerprint density at radius 1 is 1.36 bits per heavy atom. The molecule has 0 aromatic rings. The minimum atomic E-state index is -3.41. The number of hydrogen-bond donors (Lipinski definition) is 3. The van der Waals surface area contributed by atoms with Gasteiger partial charge in [0.05, 0.1) is 5.75 Å². The molecule has 0 rings (SSSR count). The van der Waals surface area contributed by atoms with E-state index in [1.54, 1.807) is 6.92 Å². The molecule has 0 saturated heterocycles. The molecule has 82 valence electrons. The van der Waals surface area contributed by atoms with E-state index >= 15 is 0 Å². The molecule has 1 amide bonds. The van der Waals surface area contributed by atoms with Gasteiger partial charge in [-0.2, -0.15) is 0 Å². The van der Waals surface area contributed by atoms with E-state index in [1.165, 1.54) is 0 Å². The molecule has 0 fully saturated rings. The maximum atomic E-state index is 11.0. The number of carboxylic acid groups (broad SMARTS) is 1. The fourth-order valence-electron chi connectivity index (χ4n) is 0.667. The maximum Gasteiger partial charge on any atom is 0.394 e. The molecule has 0 radical (unpaired) electrons. The summed E-state index contributed by atoms with van der Waals surface area (Å²) in [6.07, 6.45) is 0. The molecule has 0 spiro atoms. The van der Waals surface area contributed by atoms with Crippen molar-refractivity contribution in [3.05, 3.63) is 0 Å². The Bertz CT molecular complexity index is 310. The second-order valence-corrected chi connectivity index (χ2v) is 4.30. The molecule has 0 bridgehead atoms. The van der Waals surface area contributed by atoms with Crippen molar-refractivity contribution < 1.29 is 23.1 Å². The first kappa shape index (κ1) is 12.8. The normalized spacial score (nSPS) is 10.9. The van der Waals surface area contributed by atoms with Gasteiger partial charge < -0.3 is 10.4 Å². The van der Waals surface area contributed by atoms with E-state index in [0.29, 0.717) is 0 Å². The van der Waals surface area contributed by atoms with Crippen molar-refractivity contribution in [3.63, 3.8) is 0 Å². The first-order valence-electron chi connectivity index (χ1n) is 3.87. The third-order valence-electron chi connectivity index (χ3n) is 1.21. The maximum absolute atomic E-state index is 11.0. The highest BCUT2D eigenvalue weighted by atomic mass is 32.2. The number of carbonyl (C=O) groups excluding carboxylic acids is 1. The van der Waals surface area contributed by atoms with E-state index in [-0.39, 0.29) is 18.8 Å². The number of nitrogens with one attached hydrogen (secondary N) is 2. The molecule has 0 atom stereocenters. The molecule has 8 heteroatoms. The van der Waals surface area contributed by atoms with Crippen LogP contribution in [0.3, 0.4) is 0 Å². The largest absolute Gasteiger partial charge is 0.474 e. The van der Waals surface area contributed by atoms with E-state index in [2.05, 4.69) is 4.72 Å². The fourth-order valence-corrected chi connectivity index (χ4v) is 1.62. The van der Waals surface area contributed by atoms with Gasteiger partial charge in [0.25, 0.3) is 0 Å². The summed E-state index contributed by atoms with van der Waals surface area (Å²) in [5.41, 5.74) is 0. The van der Waals surface area contributed by atoms with Gasteiger partial charge >= 0.3 is 11.9 Å². The molecular weight excluding hydrogens is 212 g/mol. The lowest BCUT2D eigenvalue weighted by atomic mass is 10.6. The number of sulfonamides is 1. The number of rotatable bonds is 5. The van der Waals surface area contributed by atoms with Crippen molar-refractivity contribution in [3.8, 4) is 0 Å². The van der Waals surface area contributed by atoms with Gasteiger partial charge in [-0.25, -0.2) is 17.9 Å². The summed E-state index contributed by atoms with van der Waals surface area (Å²) in [5, 5.41) is 10.1. The summed E-state index contributed by atoms with van der Waals surface area (Å²) in [6, 6.07) is 0. The zero-order chi connectivity index (χ0) is 11.2. The number of carbonyl (C=O) groups is 2. The standard InChI is InChI=1S/C6H12N2O5S/c1-2-8-14(12,13)4-3-7-5(9)6(10)11/h8H,2-4H2,1H3,(H,7,9)(H,10,11). The summed E-state index contributed by atoms with van der Waals surface area (Å²) in [5.74, 6) is -3.18. The van der Waals surface area contributed by atoms with E-state index in [4.69, 9.17) is 5.11 Å². The van der Waals surface area contributed by atoms with E-state index in [1.807, 2.05) is 5.32 Å². The quantitative estimate of drug-likeness (QED) is 0.473. The van der Waals surface area contributed by atoms with Gasteiger partial charge in [-0.1, -0.05) is 6.92 Å². The molecule has 0 aliphatic heterocycles. The van der Waals surface area contributed by atoms with Crippen LogP contribution in [0.1, 0.15) is 6.92 Å². The third kappa shape index (κ3) is 5.49. The van der Waals surface area contributed by atoms with Crippen LogP contribution < -0.4 is 10.0 Å².